The van der Waals surface area contributed by atoms with E-state index in [0.29, 0.717) is 17.7 Å². The summed E-state index contributed by atoms with van der Waals surface area (Å²) in [6.45, 7) is 0.753. The normalized spacial score (nSPS) is 13.8. The van der Waals surface area contributed by atoms with E-state index in [2.05, 4.69) is 27.1 Å². The van der Waals surface area contributed by atoms with E-state index in [-0.39, 0.29) is 4.48 Å². The maximum Gasteiger partial charge on any atom is 0.528 e. The number of rotatable bonds is 6. The van der Waals surface area contributed by atoms with Crippen LogP contribution < -0.4 is 9.38 Å². The minimum atomic E-state index is -0.443. The molecular weight excluding hydrogens is 354 g/mol. The zero-order valence-corrected chi connectivity index (χ0v) is 16.6. The number of carbonyl (C=O) groups excluding carboxylic acids is 1. The van der Waals surface area contributed by atoms with Gasteiger partial charge in [-0.25, -0.2) is 4.98 Å². The van der Waals surface area contributed by atoms with Gasteiger partial charge in [0.1, 0.15) is 12.1 Å². The first-order valence-corrected chi connectivity index (χ1v) is 9.34. The second-order valence-electron chi connectivity index (χ2n) is 7.15. The van der Waals surface area contributed by atoms with E-state index >= 15 is 0 Å². The summed E-state index contributed by atoms with van der Waals surface area (Å²) in [6, 6.07) is 10.2. The van der Waals surface area contributed by atoms with E-state index in [9.17, 15) is 4.79 Å². The highest BCUT2D eigenvalue weighted by Crippen LogP contribution is 2.20. The quantitative estimate of drug-likeness (QED) is 0.715. The van der Waals surface area contributed by atoms with Gasteiger partial charge in [-0.15, -0.1) is 4.98 Å². The Morgan fingerprint density at radius 3 is 2.68 bits per heavy atom. The van der Waals surface area contributed by atoms with Crippen LogP contribution in [0.3, 0.4) is 0 Å². The highest BCUT2D eigenvalue weighted by molar-refractivity contribution is 5.80. The van der Waals surface area contributed by atoms with E-state index in [4.69, 9.17) is 4.74 Å². The van der Waals surface area contributed by atoms with Crippen molar-refractivity contribution in [2.45, 2.75) is 19.3 Å². The van der Waals surface area contributed by atoms with Crippen molar-refractivity contribution in [1.82, 2.24) is 19.4 Å². The molecule has 0 aliphatic heterocycles. The second-order valence-corrected chi connectivity index (χ2v) is 7.15. The lowest BCUT2D eigenvalue weighted by Crippen LogP contribution is -2.48. The molecule has 1 amide bonds. The number of benzene rings is 1. The molecule has 0 saturated heterocycles. The lowest BCUT2D eigenvalue weighted by Gasteiger charge is -2.24. The van der Waals surface area contributed by atoms with Gasteiger partial charge in [0.15, 0.2) is 0 Å². The van der Waals surface area contributed by atoms with Crippen molar-refractivity contribution in [3.8, 4) is 0 Å². The van der Waals surface area contributed by atoms with E-state index in [1.165, 1.54) is 11.9 Å². The minimum Gasteiger partial charge on any atom is -0.381 e. The highest BCUT2D eigenvalue weighted by Gasteiger charge is 2.36. The Balaban J connectivity index is 1.69. The Morgan fingerprint density at radius 1 is 1.18 bits per heavy atom. The van der Waals surface area contributed by atoms with Gasteiger partial charge in [0.05, 0.1) is 14.1 Å². The van der Waals surface area contributed by atoms with Crippen molar-refractivity contribution in [3.05, 3.63) is 66.2 Å². The Kier molecular flexibility index (Phi) is 6.16. The number of anilines is 1. The van der Waals surface area contributed by atoms with Crippen molar-refractivity contribution in [2.75, 3.05) is 32.6 Å². The number of quaternary nitrogens is 1. The third kappa shape index (κ3) is 4.80. The lowest BCUT2D eigenvalue weighted by molar-refractivity contribution is 0.147. The third-order valence-electron chi connectivity index (χ3n) is 4.59. The number of ether oxygens (including phenoxy) is 1. The van der Waals surface area contributed by atoms with Gasteiger partial charge < -0.3 is 9.64 Å². The highest BCUT2D eigenvalue weighted by atomic mass is 16.6. The van der Waals surface area contributed by atoms with E-state index in [0.717, 1.165) is 25.8 Å². The number of nitrogens with zero attached hydrogens (tertiary/aromatic N) is 5. The van der Waals surface area contributed by atoms with Gasteiger partial charge >= 0.3 is 12.0 Å². The number of amides is 1. The van der Waals surface area contributed by atoms with Crippen LogP contribution in [0.1, 0.15) is 18.4 Å². The number of aromatic nitrogens is 3. The van der Waals surface area contributed by atoms with E-state index in [1.807, 2.05) is 48.4 Å². The first-order valence-electron chi connectivity index (χ1n) is 9.34. The topological polar surface area (TPSA) is 68.2 Å². The predicted octanol–water partition coefficient (Wildman–Crippen LogP) is 3.49. The van der Waals surface area contributed by atoms with Gasteiger partial charge in [-0.3, -0.25) is 0 Å². The Labute approximate surface area is 165 Å². The number of allylic oxidation sites excluding steroid dienone is 3. The molecule has 7 nitrogen and oxygen atoms in total. The number of carbonyl (C=O) groups is 1. The third-order valence-corrected chi connectivity index (χ3v) is 4.59. The molecule has 0 radical (unpaired) electrons. The molecule has 1 aliphatic carbocycles. The fraction of sp³-hybridized carbons (Fsp3) is 0.333. The SMILES string of the molecule is CN(CCc1ccccc1)c1ncnc([N+](C)(C)C(=O)OC2=CCCC=C2)n1. The molecule has 2 aromatic rings. The lowest BCUT2D eigenvalue weighted by atomic mass is 10.1. The van der Waals surface area contributed by atoms with Gasteiger partial charge in [-0.2, -0.15) is 14.3 Å². The van der Waals surface area contributed by atoms with Crippen LogP contribution in [0.15, 0.2) is 60.6 Å². The second kappa shape index (κ2) is 8.75. The average Bonchev–Trinajstić information content (AvgIpc) is 2.73. The fourth-order valence-electron chi connectivity index (χ4n) is 2.74. The molecule has 0 fully saturated rings. The minimum absolute atomic E-state index is 0.229. The number of likely N-dealkylation sites (N-methyl/N-ethyl adjacent to an activating group) is 1. The maximum absolute atomic E-state index is 12.7. The van der Waals surface area contributed by atoms with E-state index in [1.54, 1.807) is 14.1 Å². The summed E-state index contributed by atoms with van der Waals surface area (Å²) >= 11 is 0. The number of hydrogen-bond acceptors (Lipinski definition) is 6. The van der Waals surface area contributed by atoms with Crippen molar-refractivity contribution in [2.24, 2.45) is 0 Å². The molecule has 0 N–H and O–H groups in total. The van der Waals surface area contributed by atoms with Crippen LogP contribution in [0.5, 0.6) is 0 Å². The molecule has 0 bridgehead atoms. The van der Waals surface area contributed by atoms with Crippen LogP contribution in [-0.2, 0) is 11.2 Å². The standard InChI is InChI=1S/C21H26N5O2/c1-25(15-14-17-10-6-4-7-11-17)19-22-16-23-20(24-19)26(2,3)21(27)28-18-12-8-5-9-13-18/h4,6-8,10-13,16H,5,9,14-15H2,1-3H3/q+1. The maximum atomic E-state index is 12.7. The molecule has 7 heteroatoms. The van der Waals surface area contributed by atoms with Crippen LogP contribution >= 0.6 is 0 Å². The van der Waals surface area contributed by atoms with Crippen molar-refractivity contribution < 1.29 is 9.53 Å². The molecule has 1 aromatic carbocycles. The fourth-order valence-corrected chi connectivity index (χ4v) is 2.74. The molecular formula is C21H26N5O2+. The van der Waals surface area contributed by atoms with Gasteiger partial charge in [-0.1, -0.05) is 36.4 Å². The van der Waals surface area contributed by atoms with Crippen molar-refractivity contribution in [3.63, 3.8) is 0 Å². The summed E-state index contributed by atoms with van der Waals surface area (Å²) in [7, 11) is 5.34. The van der Waals surface area contributed by atoms with Gasteiger partial charge in [0.25, 0.3) is 0 Å². The molecule has 0 unspecified atom stereocenters. The van der Waals surface area contributed by atoms with Crippen LogP contribution in [0.25, 0.3) is 0 Å². The first kappa shape index (κ1) is 19.7. The van der Waals surface area contributed by atoms with Crippen LogP contribution in [0, 0.1) is 0 Å². The summed E-state index contributed by atoms with van der Waals surface area (Å²) in [6.07, 6.45) is 9.42. The Morgan fingerprint density at radius 2 is 1.96 bits per heavy atom. The zero-order chi connectivity index (χ0) is 20.0. The number of hydrogen-bond donors (Lipinski definition) is 0. The van der Waals surface area contributed by atoms with Crippen molar-refractivity contribution in [1.29, 1.82) is 0 Å². The predicted molar refractivity (Wildman–Crippen MR) is 110 cm³/mol. The zero-order valence-electron chi connectivity index (χ0n) is 16.6. The van der Waals surface area contributed by atoms with Gasteiger partial charge in [0, 0.05) is 13.6 Å². The van der Waals surface area contributed by atoms with Gasteiger partial charge in [0.2, 0.25) is 5.95 Å². The molecule has 0 saturated carbocycles. The van der Waals surface area contributed by atoms with Crippen LogP contribution in [-0.4, -0.2) is 48.7 Å². The summed E-state index contributed by atoms with van der Waals surface area (Å²) in [4.78, 5) is 27.6. The summed E-state index contributed by atoms with van der Waals surface area (Å²) < 4.78 is 5.28. The largest absolute Gasteiger partial charge is 0.528 e. The monoisotopic (exact) mass is 380 g/mol. The molecule has 1 aromatic heterocycles. The first-order chi connectivity index (χ1) is 13.5. The van der Waals surface area contributed by atoms with E-state index < -0.39 is 6.09 Å². The molecule has 0 atom stereocenters. The molecule has 1 heterocycles. The van der Waals surface area contributed by atoms with Gasteiger partial charge in [-0.05, 0) is 37.0 Å². The molecule has 28 heavy (non-hydrogen) atoms. The summed E-state index contributed by atoms with van der Waals surface area (Å²) in [5, 5.41) is 0. The Bertz CT molecular complexity index is 877. The van der Waals surface area contributed by atoms with Crippen LogP contribution in [0.4, 0.5) is 16.7 Å². The summed E-state index contributed by atoms with van der Waals surface area (Å²) in [5.74, 6) is 1.43. The average molecular weight is 380 g/mol. The molecule has 146 valence electrons. The Hall–Kier alpha value is -3.06. The van der Waals surface area contributed by atoms with Crippen LogP contribution in [0.2, 0.25) is 0 Å². The molecule has 0 spiro atoms. The molecule has 3 rings (SSSR count). The smallest absolute Gasteiger partial charge is 0.381 e. The summed E-state index contributed by atoms with van der Waals surface area (Å²) in [5.41, 5.74) is 1.25. The molecule has 1 aliphatic rings. The van der Waals surface area contributed by atoms with Crippen molar-refractivity contribution >= 4 is 18.0 Å².